The molecule has 0 unspecified atom stereocenters. The summed E-state index contributed by atoms with van der Waals surface area (Å²) >= 11 is 0. The van der Waals surface area contributed by atoms with E-state index < -0.39 is 17.7 Å². The van der Waals surface area contributed by atoms with E-state index in [1.54, 1.807) is 26.8 Å². The van der Waals surface area contributed by atoms with E-state index in [0.717, 1.165) is 11.1 Å². The Morgan fingerprint density at radius 3 is 2.46 bits per heavy atom. The van der Waals surface area contributed by atoms with E-state index in [2.05, 4.69) is 5.32 Å². The molecule has 1 heterocycles. The SMILES string of the molecule is Cc1ccccc1[C@@H](NC(=O)OC(C)(C)C)c1cc2c(cc1O)OCO2. The summed E-state index contributed by atoms with van der Waals surface area (Å²) in [6.45, 7) is 7.45. The Kier molecular flexibility index (Phi) is 4.68. The van der Waals surface area contributed by atoms with Crippen molar-refractivity contribution in [3.05, 3.63) is 53.1 Å². The van der Waals surface area contributed by atoms with E-state index in [1.807, 2.05) is 31.2 Å². The van der Waals surface area contributed by atoms with Crippen molar-refractivity contribution < 1.29 is 24.1 Å². The predicted octanol–water partition coefficient (Wildman–Crippen LogP) is 4.04. The van der Waals surface area contributed by atoms with Gasteiger partial charge in [0.05, 0.1) is 6.04 Å². The second-order valence-electron chi connectivity index (χ2n) is 7.20. The zero-order valence-corrected chi connectivity index (χ0v) is 15.3. The maximum Gasteiger partial charge on any atom is 0.408 e. The summed E-state index contributed by atoms with van der Waals surface area (Å²) in [6, 6.07) is 10.2. The molecule has 1 amide bonds. The van der Waals surface area contributed by atoms with Crippen molar-refractivity contribution in [3.63, 3.8) is 0 Å². The van der Waals surface area contributed by atoms with Crippen LogP contribution < -0.4 is 14.8 Å². The lowest BCUT2D eigenvalue weighted by Crippen LogP contribution is -2.35. The van der Waals surface area contributed by atoms with Gasteiger partial charge in [0.2, 0.25) is 6.79 Å². The Morgan fingerprint density at radius 1 is 1.15 bits per heavy atom. The second-order valence-corrected chi connectivity index (χ2v) is 7.20. The van der Waals surface area contributed by atoms with Crippen molar-refractivity contribution in [2.45, 2.75) is 39.3 Å². The Hall–Kier alpha value is -2.89. The summed E-state index contributed by atoms with van der Waals surface area (Å²) in [5.41, 5.74) is 1.71. The lowest BCUT2D eigenvalue weighted by Gasteiger charge is -2.25. The molecule has 138 valence electrons. The Bertz CT molecular complexity index is 825. The van der Waals surface area contributed by atoms with E-state index in [-0.39, 0.29) is 12.5 Å². The first-order chi connectivity index (χ1) is 12.2. The van der Waals surface area contributed by atoms with Gasteiger partial charge >= 0.3 is 6.09 Å². The van der Waals surface area contributed by atoms with Gasteiger partial charge < -0.3 is 24.6 Å². The van der Waals surface area contributed by atoms with E-state index in [4.69, 9.17) is 14.2 Å². The quantitative estimate of drug-likeness (QED) is 0.867. The number of nitrogens with one attached hydrogen (secondary N) is 1. The average Bonchev–Trinajstić information content (AvgIpc) is 2.98. The molecule has 2 aromatic carbocycles. The van der Waals surface area contributed by atoms with Gasteiger partial charge in [-0.05, 0) is 44.9 Å². The molecule has 1 aliphatic heterocycles. The zero-order chi connectivity index (χ0) is 18.9. The molecule has 0 aromatic heterocycles. The second kappa shape index (κ2) is 6.78. The number of benzene rings is 2. The van der Waals surface area contributed by atoms with Crippen LogP contribution in [0.1, 0.15) is 43.5 Å². The molecule has 26 heavy (non-hydrogen) atoms. The molecule has 0 aliphatic carbocycles. The van der Waals surface area contributed by atoms with Crippen molar-refractivity contribution in [1.29, 1.82) is 0 Å². The maximum atomic E-state index is 12.4. The van der Waals surface area contributed by atoms with Crippen molar-refractivity contribution in [3.8, 4) is 17.2 Å². The minimum Gasteiger partial charge on any atom is -0.507 e. The molecule has 0 radical (unpaired) electrons. The first kappa shape index (κ1) is 17.9. The van der Waals surface area contributed by atoms with Crippen LogP contribution >= 0.6 is 0 Å². The molecule has 0 fully saturated rings. The molecule has 2 N–H and O–H groups in total. The van der Waals surface area contributed by atoms with Crippen LogP contribution in [0.25, 0.3) is 0 Å². The molecular formula is C20H23NO5. The fourth-order valence-corrected chi connectivity index (χ4v) is 2.84. The fourth-order valence-electron chi connectivity index (χ4n) is 2.84. The smallest absolute Gasteiger partial charge is 0.408 e. The normalized spacial score (nSPS) is 14.0. The topological polar surface area (TPSA) is 77.0 Å². The van der Waals surface area contributed by atoms with Crippen LogP contribution in [-0.4, -0.2) is 23.6 Å². The van der Waals surface area contributed by atoms with E-state index in [1.165, 1.54) is 6.07 Å². The van der Waals surface area contributed by atoms with Crippen LogP contribution in [0, 0.1) is 6.92 Å². The summed E-state index contributed by atoms with van der Waals surface area (Å²) in [6.07, 6.45) is -0.567. The van der Waals surface area contributed by atoms with Gasteiger partial charge in [-0.25, -0.2) is 4.79 Å². The summed E-state index contributed by atoms with van der Waals surface area (Å²) in [4.78, 5) is 12.4. The number of carbonyl (C=O) groups excluding carboxylic acids is 1. The number of amides is 1. The lowest BCUT2D eigenvalue weighted by atomic mass is 9.94. The van der Waals surface area contributed by atoms with Crippen LogP contribution in [0.2, 0.25) is 0 Å². The number of ether oxygens (including phenoxy) is 3. The van der Waals surface area contributed by atoms with Crippen molar-refractivity contribution in [1.82, 2.24) is 5.32 Å². The highest BCUT2D eigenvalue weighted by molar-refractivity contribution is 5.70. The number of carbonyl (C=O) groups is 1. The standard InChI is InChI=1S/C20H23NO5/c1-12-7-5-6-8-13(12)18(21-19(23)26-20(2,3)4)14-9-16-17(10-15(14)22)25-11-24-16/h5-10,18,22H,11H2,1-4H3,(H,21,23)/t18-/m1/s1. The molecule has 0 spiro atoms. The molecule has 0 bridgehead atoms. The number of hydrogen-bond acceptors (Lipinski definition) is 5. The van der Waals surface area contributed by atoms with Crippen LogP contribution in [0.5, 0.6) is 17.2 Å². The largest absolute Gasteiger partial charge is 0.507 e. The third-order valence-corrected chi connectivity index (χ3v) is 3.99. The third-order valence-electron chi connectivity index (χ3n) is 3.99. The minimum atomic E-state index is -0.628. The van der Waals surface area contributed by atoms with Crippen LogP contribution in [-0.2, 0) is 4.74 Å². The van der Waals surface area contributed by atoms with Gasteiger partial charge in [-0.3, -0.25) is 0 Å². The third kappa shape index (κ3) is 3.85. The van der Waals surface area contributed by atoms with Crippen LogP contribution in [0.4, 0.5) is 4.79 Å². The summed E-state index contributed by atoms with van der Waals surface area (Å²) in [5.74, 6) is 1.02. The van der Waals surface area contributed by atoms with Gasteiger partial charge in [0.15, 0.2) is 11.5 Å². The molecule has 1 atom stereocenters. The van der Waals surface area contributed by atoms with Crippen LogP contribution in [0.15, 0.2) is 36.4 Å². The molecule has 3 rings (SSSR count). The van der Waals surface area contributed by atoms with Crippen LogP contribution in [0.3, 0.4) is 0 Å². The van der Waals surface area contributed by atoms with Crippen molar-refractivity contribution in [2.24, 2.45) is 0 Å². The molecule has 6 heteroatoms. The zero-order valence-electron chi connectivity index (χ0n) is 15.3. The van der Waals surface area contributed by atoms with Gasteiger partial charge in [0.1, 0.15) is 11.4 Å². The first-order valence-electron chi connectivity index (χ1n) is 8.42. The van der Waals surface area contributed by atoms with Crippen molar-refractivity contribution in [2.75, 3.05) is 6.79 Å². The van der Waals surface area contributed by atoms with Gasteiger partial charge in [0.25, 0.3) is 0 Å². The Balaban J connectivity index is 2.01. The van der Waals surface area contributed by atoms with Gasteiger partial charge in [-0.2, -0.15) is 0 Å². The van der Waals surface area contributed by atoms with E-state index >= 15 is 0 Å². The van der Waals surface area contributed by atoms with E-state index in [9.17, 15) is 9.90 Å². The summed E-state index contributed by atoms with van der Waals surface area (Å²) < 4.78 is 16.1. The minimum absolute atomic E-state index is 0.0126. The molecule has 6 nitrogen and oxygen atoms in total. The molecular weight excluding hydrogens is 334 g/mol. The number of phenols is 1. The number of hydrogen-bond donors (Lipinski definition) is 2. The highest BCUT2D eigenvalue weighted by Gasteiger charge is 2.27. The summed E-state index contributed by atoms with van der Waals surface area (Å²) in [7, 11) is 0. The number of fused-ring (bicyclic) bond motifs is 1. The average molecular weight is 357 g/mol. The summed E-state index contributed by atoms with van der Waals surface area (Å²) in [5, 5.41) is 13.4. The first-order valence-corrected chi connectivity index (χ1v) is 8.42. The highest BCUT2D eigenvalue weighted by Crippen LogP contribution is 2.41. The predicted molar refractivity (Wildman–Crippen MR) is 96.6 cm³/mol. The molecule has 1 aliphatic rings. The Labute approximate surface area is 152 Å². The monoisotopic (exact) mass is 357 g/mol. The maximum absolute atomic E-state index is 12.4. The number of rotatable bonds is 3. The van der Waals surface area contributed by atoms with Gasteiger partial charge in [0, 0.05) is 11.6 Å². The van der Waals surface area contributed by atoms with E-state index in [0.29, 0.717) is 17.1 Å². The number of alkyl carbamates (subject to hydrolysis) is 1. The van der Waals surface area contributed by atoms with Crippen molar-refractivity contribution >= 4 is 6.09 Å². The highest BCUT2D eigenvalue weighted by atomic mass is 16.7. The fraction of sp³-hybridized carbons (Fsp3) is 0.350. The number of phenolic OH excluding ortho intramolecular Hbond substituents is 1. The Morgan fingerprint density at radius 2 is 1.81 bits per heavy atom. The number of aromatic hydroxyl groups is 1. The number of aryl methyl sites for hydroxylation is 1. The molecule has 2 aromatic rings. The van der Waals surface area contributed by atoms with Gasteiger partial charge in [-0.15, -0.1) is 0 Å². The lowest BCUT2D eigenvalue weighted by molar-refractivity contribution is 0.0512. The van der Waals surface area contributed by atoms with Gasteiger partial charge in [-0.1, -0.05) is 24.3 Å². The molecule has 0 saturated heterocycles. The molecule has 0 saturated carbocycles.